The van der Waals surface area contributed by atoms with E-state index < -0.39 is 6.16 Å². The van der Waals surface area contributed by atoms with Crippen molar-refractivity contribution in [3.63, 3.8) is 0 Å². The van der Waals surface area contributed by atoms with E-state index in [1.54, 1.807) is 42.5 Å². The van der Waals surface area contributed by atoms with Crippen LogP contribution in [0, 0.1) is 11.7 Å². The van der Waals surface area contributed by atoms with E-state index in [0.717, 1.165) is 42.7 Å². The van der Waals surface area contributed by atoms with Gasteiger partial charge in [0.15, 0.2) is 0 Å². The predicted molar refractivity (Wildman–Crippen MR) is 139 cm³/mol. The fourth-order valence-corrected chi connectivity index (χ4v) is 5.14. The summed E-state index contributed by atoms with van der Waals surface area (Å²) in [5.74, 6) is 1.87. The van der Waals surface area contributed by atoms with E-state index in [1.807, 2.05) is 18.2 Å². The molecule has 0 unspecified atom stereocenters. The maximum Gasteiger partial charge on any atom is 0.519 e. The molecule has 0 saturated heterocycles. The van der Waals surface area contributed by atoms with Crippen LogP contribution in [-0.2, 0) is 6.42 Å². The van der Waals surface area contributed by atoms with Gasteiger partial charge in [-0.25, -0.2) is 9.18 Å². The van der Waals surface area contributed by atoms with Gasteiger partial charge >= 0.3 is 6.16 Å². The smallest absolute Gasteiger partial charge is 0.395 e. The first-order valence-electron chi connectivity index (χ1n) is 12.9. The number of aryl methyl sites for hydroxylation is 1. The van der Waals surface area contributed by atoms with Crippen molar-refractivity contribution in [2.24, 2.45) is 5.92 Å². The van der Waals surface area contributed by atoms with Crippen molar-refractivity contribution in [1.29, 1.82) is 0 Å². The highest BCUT2D eigenvalue weighted by Gasteiger charge is 2.22. The third-order valence-electron chi connectivity index (χ3n) is 7.04. The van der Waals surface area contributed by atoms with Crippen molar-refractivity contribution in [1.82, 2.24) is 0 Å². The standard InChI is InChI=1S/C31H35FO3/c1-3-5-22-7-11-24(12-8-22)26-15-20-29(30(32)21-26)25-13-18-28(19-14-25)35-31(33)34-27-16-9-23(6-4-2)10-17-27/h9-10,13-22,24H,3-8,11-12H2,1-2H3/t22-,24-. The van der Waals surface area contributed by atoms with E-state index >= 15 is 4.39 Å². The Balaban J connectivity index is 1.34. The van der Waals surface area contributed by atoms with Gasteiger partial charge in [-0.15, -0.1) is 0 Å². The molecule has 1 saturated carbocycles. The largest absolute Gasteiger partial charge is 0.519 e. The molecule has 0 N–H and O–H groups in total. The maximum atomic E-state index is 15.0. The van der Waals surface area contributed by atoms with Gasteiger partial charge in [0.05, 0.1) is 0 Å². The topological polar surface area (TPSA) is 35.5 Å². The number of carbonyl (C=O) groups excluding carboxylic acids is 1. The zero-order chi connectivity index (χ0) is 24.6. The minimum absolute atomic E-state index is 0.210. The van der Waals surface area contributed by atoms with Crippen molar-refractivity contribution in [3.05, 3.63) is 83.7 Å². The Hall–Kier alpha value is -3.14. The van der Waals surface area contributed by atoms with Crippen molar-refractivity contribution in [2.75, 3.05) is 0 Å². The average molecular weight is 475 g/mol. The Bertz CT molecular complexity index is 1100. The summed E-state index contributed by atoms with van der Waals surface area (Å²) in [6, 6.07) is 19.9. The molecule has 4 heteroatoms. The molecule has 0 heterocycles. The highest BCUT2D eigenvalue weighted by molar-refractivity contribution is 5.69. The molecule has 1 fully saturated rings. The van der Waals surface area contributed by atoms with Gasteiger partial charge in [-0.2, -0.15) is 0 Å². The Labute approximate surface area is 208 Å². The van der Waals surface area contributed by atoms with Gasteiger partial charge in [0.1, 0.15) is 17.3 Å². The summed E-state index contributed by atoms with van der Waals surface area (Å²) in [4.78, 5) is 12.1. The highest BCUT2D eigenvalue weighted by atomic mass is 19.1. The van der Waals surface area contributed by atoms with Crippen LogP contribution >= 0.6 is 0 Å². The molecule has 3 nitrogen and oxygen atoms in total. The van der Waals surface area contributed by atoms with Crippen LogP contribution in [0.1, 0.15) is 75.8 Å². The Kier molecular flexibility index (Phi) is 8.57. The van der Waals surface area contributed by atoms with E-state index in [0.29, 0.717) is 23.0 Å². The monoisotopic (exact) mass is 474 g/mol. The number of rotatable bonds is 8. The molecular formula is C31H35FO3. The van der Waals surface area contributed by atoms with E-state index in [2.05, 4.69) is 19.9 Å². The summed E-state index contributed by atoms with van der Waals surface area (Å²) >= 11 is 0. The van der Waals surface area contributed by atoms with Crippen LogP contribution in [0.4, 0.5) is 9.18 Å². The van der Waals surface area contributed by atoms with Crippen LogP contribution in [0.3, 0.4) is 0 Å². The lowest BCUT2D eigenvalue weighted by Gasteiger charge is -2.28. The predicted octanol–water partition coefficient (Wildman–Crippen LogP) is 9.10. The lowest BCUT2D eigenvalue weighted by Crippen LogP contribution is -2.13. The van der Waals surface area contributed by atoms with Gasteiger partial charge in [-0.05, 0) is 91.0 Å². The summed E-state index contributed by atoms with van der Waals surface area (Å²) in [6.45, 7) is 4.37. The van der Waals surface area contributed by atoms with Crippen LogP contribution in [-0.4, -0.2) is 6.16 Å². The van der Waals surface area contributed by atoms with Crippen LogP contribution < -0.4 is 9.47 Å². The molecule has 0 amide bonds. The zero-order valence-electron chi connectivity index (χ0n) is 20.8. The van der Waals surface area contributed by atoms with Crippen molar-refractivity contribution in [3.8, 4) is 22.6 Å². The molecule has 184 valence electrons. The van der Waals surface area contributed by atoms with Gasteiger partial charge in [-0.1, -0.05) is 69.5 Å². The minimum Gasteiger partial charge on any atom is -0.395 e. The highest BCUT2D eigenvalue weighted by Crippen LogP contribution is 2.38. The second-order valence-corrected chi connectivity index (χ2v) is 9.62. The third-order valence-corrected chi connectivity index (χ3v) is 7.04. The molecule has 3 aromatic carbocycles. The summed E-state index contributed by atoms with van der Waals surface area (Å²) < 4.78 is 25.6. The van der Waals surface area contributed by atoms with Crippen molar-refractivity contribution < 1.29 is 18.7 Å². The first-order valence-corrected chi connectivity index (χ1v) is 12.9. The quantitative estimate of drug-likeness (QED) is 0.241. The Morgan fingerprint density at radius 3 is 2.03 bits per heavy atom. The molecule has 0 bridgehead atoms. The fourth-order valence-electron chi connectivity index (χ4n) is 5.14. The molecular weight excluding hydrogens is 439 g/mol. The van der Waals surface area contributed by atoms with Gasteiger partial charge in [0, 0.05) is 5.56 Å². The minimum atomic E-state index is -0.801. The van der Waals surface area contributed by atoms with Crippen molar-refractivity contribution >= 4 is 6.16 Å². The van der Waals surface area contributed by atoms with E-state index in [-0.39, 0.29) is 5.82 Å². The van der Waals surface area contributed by atoms with E-state index in [9.17, 15) is 4.79 Å². The lowest BCUT2D eigenvalue weighted by atomic mass is 9.77. The number of carbonyl (C=O) groups is 1. The number of hydrogen-bond acceptors (Lipinski definition) is 3. The first-order chi connectivity index (χ1) is 17.1. The van der Waals surface area contributed by atoms with Gasteiger partial charge in [0.25, 0.3) is 0 Å². The lowest BCUT2D eigenvalue weighted by molar-refractivity contribution is 0.152. The van der Waals surface area contributed by atoms with Crippen LogP contribution in [0.2, 0.25) is 0 Å². The first kappa shape index (κ1) is 25.0. The second-order valence-electron chi connectivity index (χ2n) is 9.62. The normalized spacial score (nSPS) is 17.7. The summed E-state index contributed by atoms with van der Waals surface area (Å²) in [7, 11) is 0. The van der Waals surface area contributed by atoms with Gasteiger partial charge in [0.2, 0.25) is 0 Å². The second kappa shape index (κ2) is 12.0. The molecule has 0 atom stereocenters. The summed E-state index contributed by atoms with van der Waals surface area (Å²) in [6.07, 6.45) is 8.59. The maximum absolute atomic E-state index is 15.0. The SMILES string of the molecule is CCCc1ccc(OC(=O)Oc2ccc(-c3ccc([C@H]4CC[C@H](CCC)CC4)cc3F)cc2)cc1. The van der Waals surface area contributed by atoms with E-state index in [1.165, 1.54) is 31.2 Å². The molecule has 1 aliphatic carbocycles. The van der Waals surface area contributed by atoms with Crippen LogP contribution in [0.5, 0.6) is 11.5 Å². The fraction of sp³-hybridized carbons (Fsp3) is 0.387. The zero-order valence-corrected chi connectivity index (χ0v) is 20.8. The number of halogens is 1. The third kappa shape index (κ3) is 6.72. The molecule has 0 aromatic heterocycles. The van der Waals surface area contributed by atoms with Gasteiger partial charge < -0.3 is 9.47 Å². The number of ether oxygens (including phenoxy) is 2. The van der Waals surface area contributed by atoms with Crippen molar-refractivity contribution in [2.45, 2.75) is 71.1 Å². The molecule has 0 spiro atoms. The molecule has 3 aromatic rings. The van der Waals surface area contributed by atoms with Crippen LogP contribution in [0.25, 0.3) is 11.1 Å². The molecule has 1 aliphatic rings. The summed E-state index contributed by atoms with van der Waals surface area (Å²) in [5.41, 5.74) is 3.60. The summed E-state index contributed by atoms with van der Waals surface area (Å²) in [5, 5.41) is 0. The van der Waals surface area contributed by atoms with Crippen LogP contribution in [0.15, 0.2) is 66.7 Å². The molecule has 0 radical (unpaired) electrons. The molecule has 0 aliphatic heterocycles. The average Bonchev–Trinajstić information content (AvgIpc) is 2.87. The Morgan fingerprint density at radius 1 is 0.829 bits per heavy atom. The Morgan fingerprint density at radius 2 is 1.46 bits per heavy atom. The van der Waals surface area contributed by atoms with E-state index in [4.69, 9.17) is 9.47 Å². The molecule has 35 heavy (non-hydrogen) atoms. The number of benzene rings is 3. The molecule has 4 rings (SSSR count). The van der Waals surface area contributed by atoms with Gasteiger partial charge in [-0.3, -0.25) is 0 Å². The number of hydrogen-bond donors (Lipinski definition) is 0.